The van der Waals surface area contributed by atoms with E-state index in [0.29, 0.717) is 18.8 Å². The molecule has 1 unspecified atom stereocenters. The number of nitrogens with zero attached hydrogens (tertiary/aromatic N) is 4. The zero-order valence-corrected chi connectivity index (χ0v) is 20.4. The lowest BCUT2D eigenvalue weighted by Gasteiger charge is -2.44. The normalized spacial score (nSPS) is 18.0. The molecule has 7 nitrogen and oxygen atoms in total. The van der Waals surface area contributed by atoms with Gasteiger partial charge >= 0.3 is 6.18 Å². The largest absolute Gasteiger partial charge is 0.433 e. The number of halogens is 4. The van der Waals surface area contributed by atoms with E-state index in [1.807, 2.05) is 18.7 Å². The SMILES string of the molecule is CC(C)C1CN(c2ccc(F)c(S(C)(=O)=O)c2)CCN1c1ncc(C(C)(C)O)c(C(F)(F)F)n1. The number of rotatable bonds is 5. The van der Waals surface area contributed by atoms with Crippen molar-refractivity contribution in [3.8, 4) is 0 Å². The van der Waals surface area contributed by atoms with Crippen molar-refractivity contribution in [1.29, 1.82) is 0 Å². The molecule has 1 saturated heterocycles. The number of piperazine rings is 1. The minimum absolute atomic E-state index is 0.0236. The van der Waals surface area contributed by atoms with E-state index in [1.165, 1.54) is 26.0 Å². The van der Waals surface area contributed by atoms with Crippen LogP contribution in [0.2, 0.25) is 0 Å². The second kappa shape index (κ2) is 8.95. The molecule has 0 spiro atoms. The van der Waals surface area contributed by atoms with Crippen molar-refractivity contribution < 1.29 is 31.1 Å². The maximum atomic E-state index is 14.0. The molecule has 12 heteroatoms. The number of aromatic nitrogens is 2. The Morgan fingerprint density at radius 2 is 1.82 bits per heavy atom. The molecule has 34 heavy (non-hydrogen) atoms. The summed E-state index contributed by atoms with van der Waals surface area (Å²) in [6.45, 7) is 7.22. The van der Waals surface area contributed by atoms with Crippen molar-refractivity contribution in [2.45, 2.75) is 50.4 Å². The molecule has 1 atom stereocenters. The average Bonchev–Trinajstić information content (AvgIpc) is 2.71. The van der Waals surface area contributed by atoms with Crippen LogP contribution in [0.25, 0.3) is 0 Å². The summed E-state index contributed by atoms with van der Waals surface area (Å²) in [5.74, 6) is -0.968. The number of aliphatic hydroxyl groups is 1. The van der Waals surface area contributed by atoms with Gasteiger partial charge in [0.1, 0.15) is 10.7 Å². The number of alkyl halides is 3. The molecule has 0 amide bonds. The molecule has 2 heterocycles. The van der Waals surface area contributed by atoms with E-state index in [-0.39, 0.29) is 24.5 Å². The zero-order valence-electron chi connectivity index (χ0n) is 19.6. The van der Waals surface area contributed by atoms with Crippen LogP contribution in [-0.4, -0.2) is 55.4 Å². The first-order chi connectivity index (χ1) is 15.5. The average molecular weight is 505 g/mol. The minimum Gasteiger partial charge on any atom is -0.386 e. The Kier molecular flexibility index (Phi) is 6.88. The monoisotopic (exact) mass is 504 g/mol. The molecule has 1 N–H and O–H groups in total. The maximum Gasteiger partial charge on any atom is 0.433 e. The molecule has 0 aliphatic carbocycles. The summed E-state index contributed by atoms with van der Waals surface area (Å²) in [6, 6.07) is 3.53. The molecule has 3 rings (SSSR count). The summed E-state index contributed by atoms with van der Waals surface area (Å²) in [5, 5.41) is 10.2. The standard InChI is InChI=1S/C22H28F4N4O3S/c1-13(2)17-12-29(14-6-7-16(23)18(10-14)34(5,32)33)8-9-30(17)20-27-11-15(21(3,4)31)19(28-20)22(24,25)26/h6-7,10-11,13,17,31H,8-9,12H2,1-5H3. The van der Waals surface area contributed by atoms with Gasteiger partial charge in [0.25, 0.3) is 0 Å². The van der Waals surface area contributed by atoms with E-state index in [9.17, 15) is 31.1 Å². The highest BCUT2D eigenvalue weighted by atomic mass is 32.2. The predicted octanol–water partition coefficient (Wildman–Crippen LogP) is 3.62. The van der Waals surface area contributed by atoms with Crippen molar-refractivity contribution >= 4 is 21.5 Å². The van der Waals surface area contributed by atoms with Crippen molar-refractivity contribution in [3.05, 3.63) is 41.5 Å². The Morgan fingerprint density at radius 3 is 2.35 bits per heavy atom. The van der Waals surface area contributed by atoms with E-state index in [1.54, 1.807) is 4.90 Å². The Labute approximate surface area is 196 Å². The van der Waals surface area contributed by atoms with Crippen LogP contribution >= 0.6 is 0 Å². The van der Waals surface area contributed by atoms with E-state index in [4.69, 9.17) is 0 Å². The highest BCUT2D eigenvalue weighted by molar-refractivity contribution is 7.90. The Balaban J connectivity index is 1.97. The van der Waals surface area contributed by atoms with Gasteiger partial charge in [-0.15, -0.1) is 0 Å². The number of anilines is 2. The fourth-order valence-corrected chi connectivity index (χ4v) is 4.77. The van der Waals surface area contributed by atoms with Crippen LogP contribution in [-0.2, 0) is 21.6 Å². The third-order valence-electron chi connectivity index (χ3n) is 5.83. The van der Waals surface area contributed by atoms with Crippen molar-refractivity contribution in [2.75, 3.05) is 35.7 Å². The molecule has 188 valence electrons. The van der Waals surface area contributed by atoms with E-state index >= 15 is 0 Å². The lowest BCUT2D eigenvalue weighted by atomic mass is 9.97. The predicted molar refractivity (Wildman–Crippen MR) is 120 cm³/mol. The van der Waals surface area contributed by atoms with Crippen LogP contribution in [0.1, 0.15) is 39.0 Å². The summed E-state index contributed by atoms with van der Waals surface area (Å²) >= 11 is 0. The van der Waals surface area contributed by atoms with Gasteiger partial charge in [0.2, 0.25) is 5.95 Å². The minimum atomic E-state index is -4.78. The van der Waals surface area contributed by atoms with Gasteiger partial charge in [0.15, 0.2) is 15.5 Å². The lowest BCUT2D eigenvalue weighted by Crippen LogP contribution is -2.56. The van der Waals surface area contributed by atoms with Crippen LogP contribution in [0.3, 0.4) is 0 Å². The van der Waals surface area contributed by atoms with Crippen LogP contribution in [0.5, 0.6) is 0 Å². The van der Waals surface area contributed by atoms with E-state index < -0.39 is 43.6 Å². The zero-order chi connectivity index (χ0) is 25.6. The van der Waals surface area contributed by atoms with Gasteiger partial charge in [-0.25, -0.2) is 22.8 Å². The molecular weight excluding hydrogens is 476 g/mol. The summed E-state index contributed by atoms with van der Waals surface area (Å²) in [4.78, 5) is 11.1. The first-order valence-corrected chi connectivity index (χ1v) is 12.6. The van der Waals surface area contributed by atoms with Gasteiger partial charge in [-0.05, 0) is 38.0 Å². The quantitative estimate of drug-likeness (QED) is 0.623. The first kappa shape index (κ1) is 26.1. The molecule has 0 bridgehead atoms. The summed E-state index contributed by atoms with van der Waals surface area (Å²) < 4.78 is 79.0. The van der Waals surface area contributed by atoms with Gasteiger partial charge in [0.05, 0.1) is 11.6 Å². The molecule has 1 fully saturated rings. The number of hydrogen-bond donors (Lipinski definition) is 1. The van der Waals surface area contributed by atoms with Crippen LogP contribution in [0, 0.1) is 11.7 Å². The molecule has 0 saturated carbocycles. The molecular formula is C22H28F4N4O3S. The van der Waals surface area contributed by atoms with Gasteiger partial charge in [0, 0.05) is 43.3 Å². The summed E-state index contributed by atoms with van der Waals surface area (Å²) in [6.07, 6.45) is -2.84. The molecule has 2 aromatic rings. The van der Waals surface area contributed by atoms with Gasteiger partial charge in [-0.3, -0.25) is 0 Å². The van der Waals surface area contributed by atoms with Crippen LogP contribution in [0.15, 0.2) is 29.3 Å². The highest BCUT2D eigenvalue weighted by Crippen LogP contribution is 2.37. The molecule has 1 aliphatic heterocycles. The second-order valence-electron chi connectivity index (χ2n) is 9.33. The second-order valence-corrected chi connectivity index (χ2v) is 11.3. The topological polar surface area (TPSA) is 86.6 Å². The highest BCUT2D eigenvalue weighted by Gasteiger charge is 2.41. The Morgan fingerprint density at radius 1 is 1.18 bits per heavy atom. The number of benzene rings is 1. The third kappa shape index (κ3) is 5.43. The Bertz CT molecular complexity index is 1160. The van der Waals surface area contributed by atoms with Crippen LogP contribution < -0.4 is 9.80 Å². The van der Waals surface area contributed by atoms with Gasteiger partial charge in [-0.2, -0.15) is 13.2 Å². The number of sulfone groups is 1. The van der Waals surface area contributed by atoms with Gasteiger partial charge in [-0.1, -0.05) is 13.8 Å². The molecule has 1 aromatic heterocycles. The molecule has 1 aromatic carbocycles. The maximum absolute atomic E-state index is 14.0. The van der Waals surface area contributed by atoms with Crippen molar-refractivity contribution in [3.63, 3.8) is 0 Å². The third-order valence-corrected chi connectivity index (χ3v) is 6.94. The fourth-order valence-electron chi connectivity index (χ4n) is 4.01. The first-order valence-electron chi connectivity index (χ1n) is 10.7. The molecule has 1 aliphatic rings. The number of hydrogen-bond acceptors (Lipinski definition) is 7. The summed E-state index contributed by atoms with van der Waals surface area (Å²) in [7, 11) is -3.77. The van der Waals surface area contributed by atoms with Crippen LogP contribution in [0.4, 0.5) is 29.2 Å². The fraction of sp³-hybridized carbons (Fsp3) is 0.545. The smallest absolute Gasteiger partial charge is 0.386 e. The Hall–Kier alpha value is -2.47. The van der Waals surface area contributed by atoms with Gasteiger partial charge < -0.3 is 14.9 Å². The summed E-state index contributed by atoms with van der Waals surface area (Å²) in [5.41, 5.74) is -2.88. The van der Waals surface area contributed by atoms with E-state index in [2.05, 4.69) is 9.97 Å². The van der Waals surface area contributed by atoms with E-state index in [0.717, 1.165) is 18.5 Å². The molecule has 0 radical (unpaired) electrons. The lowest BCUT2D eigenvalue weighted by molar-refractivity contribution is -0.144. The van der Waals surface area contributed by atoms with Crippen molar-refractivity contribution in [2.24, 2.45) is 5.92 Å². The van der Waals surface area contributed by atoms with Crippen molar-refractivity contribution in [1.82, 2.24) is 9.97 Å².